The second-order valence-corrected chi connectivity index (χ2v) is 6.58. The Morgan fingerprint density at radius 1 is 1.21 bits per heavy atom. The summed E-state index contributed by atoms with van der Waals surface area (Å²) in [5, 5.41) is 1.87. The molecular weight excluding hydrogens is 264 g/mol. The monoisotopic (exact) mass is 278 g/mol. The van der Waals surface area contributed by atoms with E-state index >= 15 is 0 Å². The number of fused-ring (bicyclic) bond motifs is 1. The highest BCUT2D eigenvalue weighted by molar-refractivity contribution is 7.86. The second kappa shape index (κ2) is 4.30. The maximum atomic E-state index is 12.1. The molecule has 0 amide bonds. The molecule has 0 radical (unpaired) electrons. The van der Waals surface area contributed by atoms with Crippen LogP contribution in [0.1, 0.15) is 6.92 Å². The maximum Gasteiger partial charge on any atom is 0.297 e. The van der Waals surface area contributed by atoms with Crippen LogP contribution in [0.5, 0.6) is 0 Å². The van der Waals surface area contributed by atoms with Crippen molar-refractivity contribution in [3.8, 4) is 0 Å². The molecular formula is C14H14O4S. The van der Waals surface area contributed by atoms with Crippen LogP contribution < -0.4 is 0 Å². The van der Waals surface area contributed by atoms with E-state index in [1.807, 2.05) is 31.2 Å². The van der Waals surface area contributed by atoms with Crippen LogP contribution in [0.3, 0.4) is 0 Å². The van der Waals surface area contributed by atoms with Gasteiger partial charge in [-0.2, -0.15) is 8.42 Å². The molecule has 2 aromatic carbocycles. The second-order valence-electron chi connectivity index (χ2n) is 4.96. The van der Waals surface area contributed by atoms with E-state index in [1.165, 1.54) is 0 Å². The molecule has 1 aliphatic heterocycles. The van der Waals surface area contributed by atoms with Crippen molar-refractivity contribution in [2.45, 2.75) is 17.4 Å². The molecule has 5 heteroatoms. The third-order valence-electron chi connectivity index (χ3n) is 3.17. The van der Waals surface area contributed by atoms with Crippen LogP contribution in [0.2, 0.25) is 0 Å². The van der Waals surface area contributed by atoms with Gasteiger partial charge in [0.2, 0.25) is 0 Å². The molecule has 0 aliphatic carbocycles. The van der Waals surface area contributed by atoms with Gasteiger partial charge in [0, 0.05) is 0 Å². The quantitative estimate of drug-likeness (QED) is 0.636. The van der Waals surface area contributed by atoms with E-state index in [0.717, 1.165) is 10.8 Å². The summed E-state index contributed by atoms with van der Waals surface area (Å²) in [4.78, 5) is 0.176. The van der Waals surface area contributed by atoms with Crippen molar-refractivity contribution in [2.75, 3.05) is 13.2 Å². The molecule has 19 heavy (non-hydrogen) atoms. The van der Waals surface area contributed by atoms with E-state index in [4.69, 9.17) is 8.92 Å². The molecule has 0 saturated carbocycles. The molecule has 1 fully saturated rings. The minimum absolute atomic E-state index is 0.0577. The average molecular weight is 278 g/mol. The van der Waals surface area contributed by atoms with Crippen molar-refractivity contribution in [3.05, 3.63) is 42.5 Å². The number of benzene rings is 2. The predicted octanol–water partition coefficient (Wildman–Crippen LogP) is 2.33. The Balaban J connectivity index is 1.89. The average Bonchev–Trinajstić information content (AvgIpc) is 3.15. The number of ether oxygens (including phenoxy) is 1. The SMILES string of the molecule is C[C@]1(COS(=O)(=O)c2ccc3ccccc3c2)CO1. The third kappa shape index (κ3) is 2.63. The van der Waals surface area contributed by atoms with Gasteiger partial charge in [-0.1, -0.05) is 30.3 Å². The lowest BCUT2D eigenvalue weighted by Gasteiger charge is -2.08. The van der Waals surface area contributed by atoms with Gasteiger partial charge in [-0.25, -0.2) is 0 Å². The Labute approximate surface area is 112 Å². The smallest absolute Gasteiger partial charge is 0.297 e. The van der Waals surface area contributed by atoms with E-state index in [0.29, 0.717) is 6.61 Å². The highest BCUT2D eigenvalue weighted by atomic mass is 32.2. The minimum atomic E-state index is -3.72. The Morgan fingerprint density at radius 2 is 1.89 bits per heavy atom. The molecule has 0 bridgehead atoms. The summed E-state index contributed by atoms with van der Waals surface area (Å²) in [5.41, 5.74) is -0.441. The van der Waals surface area contributed by atoms with Gasteiger partial charge in [-0.3, -0.25) is 4.18 Å². The van der Waals surface area contributed by atoms with E-state index in [9.17, 15) is 8.42 Å². The van der Waals surface area contributed by atoms with Gasteiger partial charge in [0.05, 0.1) is 18.1 Å². The van der Waals surface area contributed by atoms with Crippen LogP contribution in [-0.4, -0.2) is 27.2 Å². The largest absolute Gasteiger partial charge is 0.367 e. The van der Waals surface area contributed by atoms with Crippen molar-refractivity contribution in [1.29, 1.82) is 0 Å². The summed E-state index contributed by atoms with van der Waals surface area (Å²) >= 11 is 0. The Morgan fingerprint density at radius 3 is 2.58 bits per heavy atom. The van der Waals surface area contributed by atoms with Crippen LogP contribution >= 0.6 is 0 Å². The van der Waals surface area contributed by atoms with Crippen molar-refractivity contribution in [2.24, 2.45) is 0 Å². The van der Waals surface area contributed by atoms with E-state index in [2.05, 4.69) is 0 Å². The van der Waals surface area contributed by atoms with Gasteiger partial charge in [-0.15, -0.1) is 0 Å². The maximum absolute atomic E-state index is 12.1. The van der Waals surface area contributed by atoms with Crippen molar-refractivity contribution in [3.63, 3.8) is 0 Å². The number of hydrogen-bond donors (Lipinski definition) is 0. The molecule has 2 aromatic rings. The Bertz CT molecular complexity index is 717. The van der Waals surface area contributed by atoms with Gasteiger partial charge >= 0.3 is 0 Å². The normalized spacial score (nSPS) is 22.6. The van der Waals surface area contributed by atoms with E-state index in [-0.39, 0.29) is 11.5 Å². The fraction of sp³-hybridized carbons (Fsp3) is 0.286. The summed E-state index contributed by atoms with van der Waals surface area (Å²) < 4.78 is 34.3. The van der Waals surface area contributed by atoms with Gasteiger partial charge in [0.1, 0.15) is 5.60 Å². The number of hydrogen-bond acceptors (Lipinski definition) is 4. The molecule has 3 rings (SSSR count). The highest BCUT2D eigenvalue weighted by Crippen LogP contribution is 2.28. The van der Waals surface area contributed by atoms with Crippen LogP contribution in [0, 0.1) is 0 Å². The summed E-state index contributed by atoms with van der Waals surface area (Å²) in [5.74, 6) is 0. The minimum Gasteiger partial charge on any atom is -0.367 e. The molecule has 1 heterocycles. The molecule has 0 N–H and O–H groups in total. The molecule has 100 valence electrons. The van der Waals surface area contributed by atoms with E-state index in [1.54, 1.807) is 18.2 Å². The topological polar surface area (TPSA) is 55.9 Å². The van der Waals surface area contributed by atoms with Crippen molar-refractivity contribution in [1.82, 2.24) is 0 Å². The number of rotatable bonds is 4. The van der Waals surface area contributed by atoms with Gasteiger partial charge in [-0.05, 0) is 29.8 Å². The summed E-state index contributed by atoms with van der Waals surface area (Å²) in [7, 11) is -3.72. The van der Waals surface area contributed by atoms with Crippen LogP contribution in [-0.2, 0) is 19.0 Å². The predicted molar refractivity (Wildman–Crippen MR) is 71.4 cm³/mol. The van der Waals surface area contributed by atoms with Crippen molar-refractivity contribution >= 4 is 20.9 Å². The third-order valence-corrected chi connectivity index (χ3v) is 4.43. The van der Waals surface area contributed by atoms with Crippen LogP contribution in [0.25, 0.3) is 10.8 Å². The standard InChI is InChI=1S/C14H14O4S/c1-14(9-17-14)10-18-19(15,16)13-7-6-11-4-2-3-5-12(11)8-13/h2-8H,9-10H2,1H3/t14-/m1/s1. The fourth-order valence-corrected chi connectivity index (χ4v) is 2.85. The zero-order chi connectivity index (χ0) is 13.5. The molecule has 1 saturated heterocycles. The Kier molecular flexibility index (Phi) is 2.85. The number of epoxide rings is 1. The van der Waals surface area contributed by atoms with Crippen molar-refractivity contribution < 1.29 is 17.3 Å². The van der Waals surface area contributed by atoms with Gasteiger partial charge in [0.25, 0.3) is 10.1 Å². The molecule has 1 aliphatic rings. The first-order valence-electron chi connectivity index (χ1n) is 6.01. The zero-order valence-electron chi connectivity index (χ0n) is 10.5. The first-order valence-corrected chi connectivity index (χ1v) is 7.42. The Hall–Kier alpha value is -1.43. The van der Waals surface area contributed by atoms with Crippen LogP contribution in [0.4, 0.5) is 0 Å². The van der Waals surface area contributed by atoms with Gasteiger partial charge < -0.3 is 4.74 Å². The first kappa shape index (κ1) is 12.6. The first-order chi connectivity index (χ1) is 8.99. The molecule has 0 unspecified atom stereocenters. The summed E-state index contributed by atoms with van der Waals surface area (Å²) in [6, 6.07) is 12.6. The molecule has 0 aromatic heterocycles. The molecule has 0 spiro atoms. The zero-order valence-corrected chi connectivity index (χ0v) is 11.3. The lowest BCUT2D eigenvalue weighted by atomic mass is 10.1. The summed E-state index contributed by atoms with van der Waals surface area (Å²) in [6.45, 7) is 2.42. The summed E-state index contributed by atoms with van der Waals surface area (Å²) in [6.07, 6.45) is 0. The fourth-order valence-electron chi connectivity index (χ4n) is 1.80. The van der Waals surface area contributed by atoms with E-state index < -0.39 is 15.7 Å². The lowest BCUT2D eigenvalue weighted by Crippen LogP contribution is -2.18. The van der Waals surface area contributed by atoms with Crippen LogP contribution in [0.15, 0.2) is 47.4 Å². The van der Waals surface area contributed by atoms with Gasteiger partial charge in [0.15, 0.2) is 0 Å². The molecule has 1 atom stereocenters. The highest BCUT2D eigenvalue weighted by Gasteiger charge is 2.41. The lowest BCUT2D eigenvalue weighted by molar-refractivity contribution is 0.207. The molecule has 4 nitrogen and oxygen atoms in total.